The number of hydrogen-bond acceptors (Lipinski definition) is 3. The number of aromatic nitrogens is 3. The third kappa shape index (κ3) is 2.84. The maximum absolute atomic E-state index is 4.62. The molecule has 0 unspecified atom stereocenters. The first-order valence-corrected chi connectivity index (χ1v) is 7.43. The SMILES string of the molecule is Cc1ccc(CNc2nc(C)cn2C2CCCC2)cn1. The lowest BCUT2D eigenvalue weighted by molar-refractivity contribution is 0.522. The van der Waals surface area contributed by atoms with Crippen LogP contribution in [0.1, 0.15) is 48.7 Å². The van der Waals surface area contributed by atoms with Crippen molar-refractivity contribution in [1.29, 1.82) is 0 Å². The van der Waals surface area contributed by atoms with Gasteiger partial charge in [0.15, 0.2) is 0 Å². The third-order valence-corrected chi connectivity index (χ3v) is 3.99. The van der Waals surface area contributed by atoms with Crippen molar-refractivity contribution in [2.45, 2.75) is 52.1 Å². The van der Waals surface area contributed by atoms with Gasteiger partial charge in [0, 0.05) is 30.7 Å². The monoisotopic (exact) mass is 270 g/mol. The van der Waals surface area contributed by atoms with Crippen LogP contribution in [-0.2, 0) is 6.54 Å². The number of anilines is 1. The molecule has 20 heavy (non-hydrogen) atoms. The predicted molar refractivity (Wildman–Crippen MR) is 80.8 cm³/mol. The number of aryl methyl sites for hydroxylation is 2. The van der Waals surface area contributed by atoms with Gasteiger partial charge in [-0.1, -0.05) is 18.9 Å². The maximum atomic E-state index is 4.62. The Hall–Kier alpha value is -1.84. The second-order valence-corrected chi connectivity index (χ2v) is 5.71. The second kappa shape index (κ2) is 5.65. The van der Waals surface area contributed by atoms with Gasteiger partial charge in [0.05, 0.1) is 5.69 Å². The van der Waals surface area contributed by atoms with E-state index in [1.807, 2.05) is 19.2 Å². The van der Waals surface area contributed by atoms with Crippen LogP contribution in [0.15, 0.2) is 24.5 Å². The number of rotatable bonds is 4. The molecular weight excluding hydrogens is 248 g/mol. The van der Waals surface area contributed by atoms with Crippen molar-refractivity contribution >= 4 is 5.95 Å². The Kier molecular flexibility index (Phi) is 3.72. The molecule has 106 valence electrons. The summed E-state index contributed by atoms with van der Waals surface area (Å²) in [7, 11) is 0. The largest absolute Gasteiger partial charge is 0.352 e. The highest BCUT2D eigenvalue weighted by atomic mass is 15.2. The van der Waals surface area contributed by atoms with Crippen molar-refractivity contribution in [3.05, 3.63) is 41.5 Å². The normalized spacial score (nSPS) is 15.7. The summed E-state index contributed by atoms with van der Waals surface area (Å²) in [6.45, 7) is 4.84. The number of imidazole rings is 1. The van der Waals surface area contributed by atoms with Crippen LogP contribution in [0.5, 0.6) is 0 Å². The molecule has 3 rings (SSSR count). The average Bonchev–Trinajstić information content (AvgIpc) is 3.07. The van der Waals surface area contributed by atoms with Gasteiger partial charge in [-0.05, 0) is 38.3 Å². The topological polar surface area (TPSA) is 42.7 Å². The van der Waals surface area contributed by atoms with Gasteiger partial charge >= 0.3 is 0 Å². The van der Waals surface area contributed by atoms with Crippen LogP contribution in [0.25, 0.3) is 0 Å². The van der Waals surface area contributed by atoms with E-state index in [1.54, 1.807) is 0 Å². The van der Waals surface area contributed by atoms with Gasteiger partial charge in [-0.15, -0.1) is 0 Å². The highest BCUT2D eigenvalue weighted by Crippen LogP contribution is 2.32. The van der Waals surface area contributed by atoms with E-state index in [1.165, 1.54) is 31.2 Å². The molecule has 2 heterocycles. The molecule has 0 saturated heterocycles. The Bertz CT molecular complexity index is 565. The predicted octanol–water partition coefficient (Wildman–Crippen LogP) is 3.62. The summed E-state index contributed by atoms with van der Waals surface area (Å²) in [6, 6.07) is 4.78. The van der Waals surface area contributed by atoms with Crippen molar-refractivity contribution in [3.8, 4) is 0 Å². The summed E-state index contributed by atoms with van der Waals surface area (Å²) in [6.07, 6.45) is 9.32. The van der Waals surface area contributed by atoms with Gasteiger partial charge in [0.2, 0.25) is 5.95 Å². The molecule has 1 aliphatic carbocycles. The summed E-state index contributed by atoms with van der Waals surface area (Å²) in [5.74, 6) is 0.995. The van der Waals surface area contributed by atoms with Crippen LogP contribution in [-0.4, -0.2) is 14.5 Å². The maximum Gasteiger partial charge on any atom is 0.203 e. The van der Waals surface area contributed by atoms with E-state index in [-0.39, 0.29) is 0 Å². The lowest BCUT2D eigenvalue weighted by Crippen LogP contribution is -2.10. The second-order valence-electron chi connectivity index (χ2n) is 5.71. The molecule has 4 heteroatoms. The van der Waals surface area contributed by atoms with E-state index < -0.39 is 0 Å². The molecule has 0 amide bonds. The molecule has 0 radical (unpaired) electrons. The summed E-state index contributed by atoms with van der Waals surface area (Å²) in [5.41, 5.74) is 3.33. The van der Waals surface area contributed by atoms with E-state index in [4.69, 9.17) is 0 Å². The Labute approximate surface area is 120 Å². The van der Waals surface area contributed by atoms with Crippen molar-refractivity contribution in [2.75, 3.05) is 5.32 Å². The van der Waals surface area contributed by atoms with Crippen LogP contribution < -0.4 is 5.32 Å². The molecule has 0 bridgehead atoms. The fourth-order valence-corrected chi connectivity index (χ4v) is 2.89. The van der Waals surface area contributed by atoms with E-state index >= 15 is 0 Å². The van der Waals surface area contributed by atoms with Crippen LogP contribution in [0, 0.1) is 13.8 Å². The van der Waals surface area contributed by atoms with Crippen LogP contribution >= 0.6 is 0 Å². The van der Waals surface area contributed by atoms with E-state index in [0.29, 0.717) is 6.04 Å². The third-order valence-electron chi connectivity index (χ3n) is 3.99. The molecule has 1 fully saturated rings. The Morgan fingerprint density at radius 1 is 1.20 bits per heavy atom. The van der Waals surface area contributed by atoms with Gasteiger partial charge < -0.3 is 9.88 Å². The minimum atomic E-state index is 0.620. The average molecular weight is 270 g/mol. The molecule has 0 aliphatic heterocycles. The first-order valence-electron chi connectivity index (χ1n) is 7.43. The summed E-state index contributed by atoms with van der Waals surface area (Å²) < 4.78 is 2.32. The van der Waals surface area contributed by atoms with Gasteiger partial charge in [-0.2, -0.15) is 0 Å². The van der Waals surface area contributed by atoms with E-state index in [2.05, 4.69) is 39.0 Å². The summed E-state index contributed by atoms with van der Waals surface area (Å²) in [5, 5.41) is 3.46. The molecule has 0 atom stereocenters. The van der Waals surface area contributed by atoms with Crippen molar-refractivity contribution < 1.29 is 0 Å². The number of pyridine rings is 1. The lowest BCUT2D eigenvalue weighted by atomic mass is 10.2. The highest BCUT2D eigenvalue weighted by Gasteiger charge is 2.19. The summed E-state index contributed by atoms with van der Waals surface area (Å²) >= 11 is 0. The Morgan fingerprint density at radius 2 is 2.00 bits per heavy atom. The van der Waals surface area contributed by atoms with Gasteiger partial charge in [0.1, 0.15) is 0 Å². The van der Waals surface area contributed by atoms with Gasteiger partial charge in [-0.3, -0.25) is 4.98 Å². The molecule has 0 spiro atoms. The number of nitrogens with zero attached hydrogens (tertiary/aromatic N) is 3. The highest BCUT2D eigenvalue weighted by molar-refractivity contribution is 5.31. The summed E-state index contributed by atoms with van der Waals surface area (Å²) in [4.78, 5) is 8.95. The molecule has 1 N–H and O–H groups in total. The van der Waals surface area contributed by atoms with Gasteiger partial charge in [-0.25, -0.2) is 4.98 Å². The van der Waals surface area contributed by atoms with Crippen molar-refractivity contribution in [1.82, 2.24) is 14.5 Å². The minimum Gasteiger partial charge on any atom is -0.352 e. The standard InChI is InChI=1S/C16H22N4/c1-12-7-8-14(9-17-12)10-18-16-19-13(2)11-20(16)15-5-3-4-6-15/h7-9,11,15H,3-6,10H2,1-2H3,(H,18,19). The molecule has 2 aromatic heterocycles. The molecule has 1 aliphatic rings. The van der Waals surface area contributed by atoms with Crippen molar-refractivity contribution in [2.24, 2.45) is 0 Å². The molecule has 2 aromatic rings. The fourth-order valence-electron chi connectivity index (χ4n) is 2.89. The number of hydrogen-bond donors (Lipinski definition) is 1. The van der Waals surface area contributed by atoms with Crippen molar-refractivity contribution in [3.63, 3.8) is 0 Å². The van der Waals surface area contributed by atoms with Gasteiger partial charge in [0.25, 0.3) is 0 Å². The van der Waals surface area contributed by atoms with E-state index in [0.717, 1.165) is 23.9 Å². The zero-order chi connectivity index (χ0) is 13.9. The zero-order valence-electron chi connectivity index (χ0n) is 12.3. The molecule has 4 nitrogen and oxygen atoms in total. The smallest absolute Gasteiger partial charge is 0.203 e. The quantitative estimate of drug-likeness (QED) is 0.922. The minimum absolute atomic E-state index is 0.620. The first-order chi connectivity index (χ1) is 9.72. The van der Waals surface area contributed by atoms with Crippen LogP contribution in [0.4, 0.5) is 5.95 Å². The first kappa shape index (κ1) is 13.2. The number of nitrogens with one attached hydrogen (secondary N) is 1. The molecular formula is C16H22N4. The Morgan fingerprint density at radius 3 is 2.70 bits per heavy atom. The van der Waals surface area contributed by atoms with E-state index in [9.17, 15) is 0 Å². The zero-order valence-corrected chi connectivity index (χ0v) is 12.3. The molecule has 1 saturated carbocycles. The van der Waals surface area contributed by atoms with Crippen LogP contribution in [0.3, 0.4) is 0 Å². The molecule has 0 aromatic carbocycles. The lowest BCUT2D eigenvalue weighted by Gasteiger charge is -2.15. The fraction of sp³-hybridized carbons (Fsp3) is 0.500. The Balaban J connectivity index is 1.72. The van der Waals surface area contributed by atoms with Crippen LogP contribution in [0.2, 0.25) is 0 Å².